The zero-order valence-corrected chi connectivity index (χ0v) is 7.57. The van der Waals surface area contributed by atoms with Crippen LogP contribution in [0.25, 0.3) is 11.3 Å². The third kappa shape index (κ3) is 1.60. The van der Waals surface area contributed by atoms with E-state index in [1.165, 1.54) is 0 Å². The van der Waals surface area contributed by atoms with Crippen molar-refractivity contribution in [1.82, 2.24) is 9.97 Å². The van der Waals surface area contributed by atoms with Crippen LogP contribution in [-0.2, 0) is 6.54 Å². The molecule has 4 heteroatoms. The Morgan fingerprint density at radius 2 is 2.29 bits per heavy atom. The Balaban J connectivity index is 2.39. The number of H-pyrrole nitrogens is 1. The minimum absolute atomic E-state index is 0.242. The molecule has 2 aromatic rings. The highest BCUT2D eigenvalue weighted by atomic mass is 16.3. The van der Waals surface area contributed by atoms with Gasteiger partial charge in [-0.3, -0.25) is 0 Å². The Morgan fingerprint density at radius 3 is 2.93 bits per heavy atom. The molecule has 14 heavy (non-hydrogen) atoms. The van der Waals surface area contributed by atoms with Crippen LogP contribution in [0.5, 0.6) is 5.75 Å². The summed E-state index contributed by atoms with van der Waals surface area (Å²) in [6.45, 7) is 0.388. The van der Waals surface area contributed by atoms with E-state index in [0.717, 1.165) is 17.1 Å². The van der Waals surface area contributed by atoms with Gasteiger partial charge in [0.1, 0.15) is 11.6 Å². The molecule has 0 aliphatic heterocycles. The molecule has 4 nitrogen and oxygen atoms in total. The van der Waals surface area contributed by atoms with Crippen molar-refractivity contribution in [1.29, 1.82) is 0 Å². The third-order valence-corrected chi connectivity index (χ3v) is 1.98. The SMILES string of the molecule is NCc1ncc(-c2cccc(O)c2)[nH]1. The van der Waals surface area contributed by atoms with Gasteiger partial charge in [0.2, 0.25) is 0 Å². The number of aromatic nitrogens is 2. The lowest BCUT2D eigenvalue weighted by molar-refractivity contribution is 0.475. The van der Waals surface area contributed by atoms with Crippen LogP contribution in [0.15, 0.2) is 30.5 Å². The van der Waals surface area contributed by atoms with E-state index in [4.69, 9.17) is 5.73 Å². The molecule has 72 valence electrons. The Kier molecular flexibility index (Phi) is 2.20. The summed E-state index contributed by atoms with van der Waals surface area (Å²) in [5.41, 5.74) is 7.19. The molecule has 4 N–H and O–H groups in total. The molecule has 0 radical (unpaired) electrons. The van der Waals surface area contributed by atoms with Crippen molar-refractivity contribution < 1.29 is 5.11 Å². The first-order valence-electron chi connectivity index (χ1n) is 4.33. The van der Waals surface area contributed by atoms with E-state index < -0.39 is 0 Å². The van der Waals surface area contributed by atoms with Crippen LogP contribution >= 0.6 is 0 Å². The summed E-state index contributed by atoms with van der Waals surface area (Å²) in [5, 5.41) is 9.28. The van der Waals surface area contributed by atoms with Gasteiger partial charge in [-0.2, -0.15) is 0 Å². The number of aromatic hydroxyl groups is 1. The van der Waals surface area contributed by atoms with Crippen molar-refractivity contribution >= 4 is 0 Å². The van der Waals surface area contributed by atoms with Gasteiger partial charge in [-0.25, -0.2) is 4.98 Å². The molecule has 0 spiro atoms. The van der Waals surface area contributed by atoms with Crippen LogP contribution in [-0.4, -0.2) is 15.1 Å². The second-order valence-electron chi connectivity index (χ2n) is 3.00. The van der Waals surface area contributed by atoms with E-state index in [2.05, 4.69) is 9.97 Å². The van der Waals surface area contributed by atoms with E-state index in [9.17, 15) is 5.11 Å². The van der Waals surface area contributed by atoms with Gasteiger partial charge in [-0.05, 0) is 12.1 Å². The number of imidazole rings is 1. The predicted molar refractivity (Wildman–Crippen MR) is 53.6 cm³/mol. The van der Waals surface area contributed by atoms with Crippen LogP contribution in [0.3, 0.4) is 0 Å². The molecule has 0 aliphatic carbocycles. The monoisotopic (exact) mass is 189 g/mol. The first kappa shape index (κ1) is 8.77. The third-order valence-electron chi connectivity index (χ3n) is 1.98. The minimum Gasteiger partial charge on any atom is -0.508 e. The molecule has 1 aromatic carbocycles. The number of nitrogens with two attached hydrogens (primary N) is 1. The molecule has 0 unspecified atom stereocenters. The minimum atomic E-state index is 0.242. The fraction of sp³-hybridized carbons (Fsp3) is 0.100. The Labute approximate surface area is 81.4 Å². The second-order valence-corrected chi connectivity index (χ2v) is 3.00. The van der Waals surface area contributed by atoms with E-state index >= 15 is 0 Å². The van der Waals surface area contributed by atoms with Crippen LogP contribution in [0.4, 0.5) is 0 Å². The van der Waals surface area contributed by atoms with Crippen LogP contribution in [0.2, 0.25) is 0 Å². The summed E-state index contributed by atoms with van der Waals surface area (Å²) >= 11 is 0. The van der Waals surface area contributed by atoms with Crippen LogP contribution in [0.1, 0.15) is 5.82 Å². The molecule has 0 saturated carbocycles. The quantitative estimate of drug-likeness (QED) is 0.665. The van der Waals surface area contributed by atoms with Crippen molar-refractivity contribution in [3.05, 3.63) is 36.3 Å². The van der Waals surface area contributed by atoms with Gasteiger partial charge in [-0.15, -0.1) is 0 Å². The smallest absolute Gasteiger partial charge is 0.120 e. The lowest BCUT2D eigenvalue weighted by Crippen LogP contribution is -1.97. The number of hydrogen-bond donors (Lipinski definition) is 3. The molecule has 0 amide bonds. The Morgan fingerprint density at radius 1 is 1.43 bits per heavy atom. The fourth-order valence-corrected chi connectivity index (χ4v) is 1.29. The first-order valence-corrected chi connectivity index (χ1v) is 4.33. The zero-order chi connectivity index (χ0) is 9.97. The molecule has 0 bridgehead atoms. The molecular weight excluding hydrogens is 178 g/mol. The van der Waals surface area contributed by atoms with Gasteiger partial charge in [-0.1, -0.05) is 12.1 Å². The maximum absolute atomic E-state index is 9.28. The van der Waals surface area contributed by atoms with Crippen molar-refractivity contribution in [2.24, 2.45) is 5.73 Å². The molecule has 2 rings (SSSR count). The highest BCUT2D eigenvalue weighted by molar-refractivity contribution is 5.60. The van der Waals surface area contributed by atoms with E-state index in [1.807, 2.05) is 6.07 Å². The molecule has 0 fully saturated rings. The summed E-state index contributed by atoms with van der Waals surface area (Å²) < 4.78 is 0. The van der Waals surface area contributed by atoms with E-state index in [0.29, 0.717) is 6.54 Å². The first-order chi connectivity index (χ1) is 6.79. The topological polar surface area (TPSA) is 74.9 Å². The van der Waals surface area contributed by atoms with Gasteiger partial charge in [0.05, 0.1) is 18.4 Å². The number of rotatable bonds is 2. The number of nitrogens with zero attached hydrogens (tertiary/aromatic N) is 1. The zero-order valence-electron chi connectivity index (χ0n) is 7.57. The number of hydrogen-bond acceptors (Lipinski definition) is 3. The largest absolute Gasteiger partial charge is 0.508 e. The fourth-order valence-electron chi connectivity index (χ4n) is 1.29. The molecular formula is C10H11N3O. The maximum Gasteiger partial charge on any atom is 0.120 e. The molecule has 0 atom stereocenters. The summed E-state index contributed by atoms with van der Waals surface area (Å²) in [6.07, 6.45) is 1.71. The van der Waals surface area contributed by atoms with Crippen molar-refractivity contribution in [3.8, 4) is 17.0 Å². The van der Waals surface area contributed by atoms with Gasteiger partial charge < -0.3 is 15.8 Å². The van der Waals surface area contributed by atoms with Crippen molar-refractivity contribution in [2.75, 3.05) is 0 Å². The number of nitrogens with one attached hydrogen (secondary N) is 1. The average molecular weight is 189 g/mol. The predicted octanol–water partition coefficient (Wildman–Crippen LogP) is 1.24. The summed E-state index contributed by atoms with van der Waals surface area (Å²) in [4.78, 5) is 7.14. The van der Waals surface area contributed by atoms with Gasteiger partial charge in [0, 0.05) is 5.56 Å². The number of benzene rings is 1. The number of phenols is 1. The van der Waals surface area contributed by atoms with Crippen molar-refractivity contribution in [3.63, 3.8) is 0 Å². The number of phenolic OH excluding ortho intramolecular Hbond substituents is 1. The lowest BCUT2D eigenvalue weighted by Gasteiger charge is -1.97. The maximum atomic E-state index is 9.28. The standard InChI is InChI=1S/C10H11N3O/c11-5-10-12-6-9(13-10)7-2-1-3-8(14)4-7/h1-4,6,14H,5,11H2,(H,12,13). The highest BCUT2D eigenvalue weighted by Gasteiger charge is 2.02. The van der Waals surface area contributed by atoms with Crippen molar-refractivity contribution in [2.45, 2.75) is 6.54 Å². The van der Waals surface area contributed by atoms with E-state index in [1.54, 1.807) is 24.4 Å². The summed E-state index contributed by atoms with van der Waals surface area (Å²) in [6, 6.07) is 6.98. The molecule has 0 saturated heterocycles. The normalized spacial score (nSPS) is 10.4. The highest BCUT2D eigenvalue weighted by Crippen LogP contribution is 2.21. The van der Waals surface area contributed by atoms with Gasteiger partial charge >= 0.3 is 0 Å². The van der Waals surface area contributed by atoms with Crippen LogP contribution in [0, 0.1) is 0 Å². The summed E-state index contributed by atoms with van der Waals surface area (Å²) in [7, 11) is 0. The summed E-state index contributed by atoms with van der Waals surface area (Å²) in [5.74, 6) is 0.981. The molecule has 1 heterocycles. The van der Waals surface area contributed by atoms with Gasteiger partial charge in [0.25, 0.3) is 0 Å². The molecule has 0 aliphatic rings. The Hall–Kier alpha value is -1.81. The van der Waals surface area contributed by atoms with Crippen LogP contribution < -0.4 is 5.73 Å². The second kappa shape index (κ2) is 3.51. The lowest BCUT2D eigenvalue weighted by atomic mass is 10.2. The average Bonchev–Trinajstić information content (AvgIpc) is 2.66. The molecule has 1 aromatic heterocycles. The Bertz CT molecular complexity index is 436. The number of aromatic amines is 1. The van der Waals surface area contributed by atoms with Gasteiger partial charge in [0.15, 0.2) is 0 Å². The van der Waals surface area contributed by atoms with E-state index in [-0.39, 0.29) is 5.75 Å².